The van der Waals surface area contributed by atoms with Crippen molar-refractivity contribution in [2.45, 2.75) is 12.7 Å². The second-order valence-corrected chi connectivity index (χ2v) is 7.30. The topological polar surface area (TPSA) is 62.1 Å². The third kappa shape index (κ3) is 4.93. The van der Waals surface area contributed by atoms with Gasteiger partial charge in [-0.25, -0.2) is 9.07 Å². The summed E-state index contributed by atoms with van der Waals surface area (Å²) in [5.74, 6) is -0.198. The molecule has 0 amide bonds. The van der Waals surface area contributed by atoms with Crippen molar-refractivity contribution >= 4 is 17.6 Å². The van der Waals surface area contributed by atoms with E-state index in [0.29, 0.717) is 25.1 Å². The van der Waals surface area contributed by atoms with Crippen molar-refractivity contribution in [1.82, 2.24) is 24.6 Å². The van der Waals surface area contributed by atoms with Crippen LogP contribution in [0, 0.1) is 5.82 Å². The first kappa shape index (κ1) is 21.0. The van der Waals surface area contributed by atoms with E-state index in [9.17, 15) is 17.6 Å². The summed E-state index contributed by atoms with van der Waals surface area (Å²) in [6.07, 6.45) is -1.03. The molecule has 0 bridgehead atoms. The van der Waals surface area contributed by atoms with Crippen molar-refractivity contribution < 1.29 is 17.6 Å². The van der Waals surface area contributed by atoms with Crippen LogP contribution in [0.3, 0.4) is 0 Å². The van der Waals surface area contributed by atoms with Crippen LogP contribution in [0.1, 0.15) is 11.1 Å². The van der Waals surface area contributed by atoms with Gasteiger partial charge in [0.15, 0.2) is 0 Å². The number of pyridine rings is 1. The average Bonchev–Trinajstić information content (AvgIpc) is 3.10. The second-order valence-electron chi connectivity index (χ2n) is 7.30. The second kappa shape index (κ2) is 8.50. The van der Waals surface area contributed by atoms with E-state index in [2.05, 4.69) is 25.3 Å². The lowest BCUT2D eigenvalue weighted by Gasteiger charge is -2.34. The summed E-state index contributed by atoms with van der Waals surface area (Å²) in [5, 5.41) is 6.96. The molecule has 0 spiro atoms. The minimum Gasteiger partial charge on any atom is -0.337 e. The number of nitrogens with zero attached hydrogens (tertiary/aromatic N) is 6. The van der Waals surface area contributed by atoms with Gasteiger partial charge in [-0.3, -0.25) is 9.88 Å². The van der Waals surface area contributed by atoms with Gasteiger partial charge in [-0.1, -0.05) is 0 Å². The zero-order chi connectivity index (χ0) is 22.0. The molecule has 1 saturated heterocycles. The number of hydrogen-bond acceptors (Lipinski definition) is 6. The summed E-state index contributed by atoms with van der Waals surface area (Å²) in [6, 6.07) is 6.18. The van der Waals surface area contributed by atoms with E-state index in [-0.39, 0.29) is 11.6 Å². The molecule has 4 rings (SSSR count). The number of aromatic nitrogens is 4. The fourth-order valence-electron chi connectivity index (χ4n) is 3.38. The van der Waals surface area contributed by atoms with Crippen molar-refractivity contribution in [1.29, 1.82) is 0 Å². The number of piperazine rings is 1. The van der Waals surface area contributed by atoms with E-state index in [0.717, 1.165) is 31.8 Å². The van der Waals surface area contributed by atoms with Crippen molar-refractivity contribution in [2.75, 3.05) is 36.4 Å². The lowest BCUT2D eigenvalue weighted by Crippen LogP contribution is -2.46. The molecule has 0 radical (unpaired) electrons. The fraction of sp³-hybridized carbons (Fsp3) is 0.350. The van der Waals surface area contributed by atoms with Crippen LogP contribution >= 0.6 is 0 Å². The van der Waals surface area contributed by atoms with Gasteiger partial charge in [-0.15, -0.1) is 5.10 Å². The molecule has 31 heavy (non-hydrogen) atoms. The minimum atomic E-state index is -4.56. The Hall–Kier alpha value is -3.21. The first-order valence-corrected chi connectivity index (χ1v) is 9.70. The number of benzene rings is 1. The molecule has 1 aromatic carbocycles. The quantitative estimate of drug-likeness (QED) is 0.620. The molecule has 0 aliphatic carbocycles. The Kier molecular flexibility index (Phi) is 5.77. The number of hydrogen-bond donors (Lipinski definition) is 1. The maximum Gasteiger partial charge on any atom is 0.416 e. The molecule has 2 aromatic heterocycles. The van der Waals surface area contributed by atoms with E-state index >= 15 is 0 Å². The molecular formula is C20H21F4N7. The van der Waals surface area contributed by atoms with Crippen LogP contribution in [0.15, 0.2) is 42.7 Å². The van der Waals surface area contributed by atoms with Crippen LogP contribution in [0.5, 0.6) is 0 Å². The van der Waals surface area contributed by atoms with Gasteiger partial charge in [-0.2, -0.15) is 18.2 Å². The maximum atomic E-state index is 14.1. The number of alkyl halides is 3. The van der Waals surface area contributed by atoms with E-state index in [1.807, 2.05) is 17.0 Å². The molecule has 7 nitrogen and oxygen atoms in total. The van der Waals surface area contributed by atoms with Gasteiger partial charge >= 0.3 is 6.18 Å². The Morgan fingerprint density at radius 2 is 1.74 bits per heavy atom. The van der Waals surface area contributed by atoms with Gasteiger partial charge in [0, 0.05) is 52.2 Å². The molecular weight excluding hydrogens is 414 g/mol. The molecule has 0 saturated carbocycles. The first-order chi connectivity index (χ1) is 14.8. The highest BCUT2D eigenvalue weighted by Gasteiger charge is 2.31. The zero-order valence-electron chi connectivity index (χ0n) is 16.8. The van der Waals surface area contributed by atoms with Crippen molar-refractivity contribution in [3.05, 3.63) is 59.7 Å². The van der Waals surface area contributed by atoms with Gasteiger partial charge in [-0.05, 0) is 35.9 Å². The van der Waals surface area contributed by atoms with Gasteiger partial charge < -0.3 is 10.2 Å². The molecule has 1 N–H and O–H groups in total. The number of aryl methyl sites for hydroxylation is 1. The summed E-state index contributed by atoms with van der Waals surface area (Å²) < 4.78 is 54.2. The Morgan fingerprint density at radius 1 is 1.03 bits per heavy atom. The van der Waals surface area contributed by atoms with E-state index < -0.39 is 17.6 Å². The molecule has 11 heteroatoms. The summed E-state index contributed by atoms with van der Waals surface area (Å²) in [7, 11) is 1.60. The highest BCUT2D eigenvalue weighted by Crippen LogP contribution is 2.32. The SMILES string of the molecule is Cn1nc(N2CCN(Cc3ccncc3)CC2)nc1Nc1cc(C(F)(F)F)ccc1F. The monoisotopic (exact) mass is 435 g/mol. The smallest absolute Gasteiger partial charge is 0.337 e. The van der Waals surface area contributed by atoms with Gasteiger partial charge in [0.1, 0.15) is 5.82 Å². The standard InChI is InChI=1S/C20H21F4N7/c1-29-18(26-17-12-15(20(22,23)24)2-3-16(17)21)27-19(28-29)31-10-8-30(9-11-31)13-14-4-6-25-7-5-14/h2-7,12H,8-11,13H2,1H3,(H,26,27,28). The molecule has 164 valence electrons. The normalized spacial score (nSPS) is 15.3. The minimum absolute atomic E-state index is 0.160. The number of halogens is 4. The highest BCUT2D eigenvalue weighted by atomic mass is 19.4. The Bertz CT molecular complexity index is 1030. The lowest BCUT2D eigenvalue weighted by molar-refractivity contribution is -0.137. The lowest BCUT2D eigenvalue weighted by atomic mass is 10.2. The molecule has 0 atom stereocenters. The van der Waals surface area contributed by atoms with Gasteiger partial charge in [0.25, 0.3) is 0 Å². The Labute approximate surface area is 176 Å². The van der Waals surface area contributed by atoms with E-state index in [1.165, 1.54) is 10.2 Å². The van der Waals surface area contributed by atoms with Crippen LogP contribution in [-0.2, 0) is 19.8 Å². The third-order valence-electron chi connectivity index (χ3n) is 5.10. The molecule has 1 fully saturated rings. The first-order valence-electron chi connectivity index (χ1n) is 9.70. The maximum absolute atomic E-state index is 14.1. The molecule has 3 aromatic rings. The van der Waals surface area contributed by atoms with Crippen molar-refractivity contribution in [3.8, 4) is 0 Å². The predicted octanol–water partition coefficient (Wildman–Crippen LogP) is 3.43. The fourth-order valence-corrected chi connectivity index (χ4v) is 3.38. The average molecular weight is 435 g/mol. The highest BCUT2D eigenvalue weighted by molar-refractivity contribution is 5.57. The Balaban J connectivity index is 1.42. The zero-order valence-corrected chi connectivity index (χ0v) is 16.8. The van der Waals surface area contributed by atoms with Crippen LogP contribution in [-0.4, -0.2) is 50.8 Å². The van der Waals surface area contributed by atoms with Gasteiger partial charge in [0.05, 0.1) is 11.3 Å². The third-order valence-corrected chi connectivity index (χ3v) is 5.10. The van der Waals surface area contributed by atoms with Crippen LogP contribution in [0.2, 0.25) is 0 Å². The predicted molar refractivity (Wildman–Crippen MR) is 107 cm³/mol. The summed E-state index contributed by atoms with van der Waals surface area (Å²) in [6.45, 7) is 3.85. The van der Waals surface area contributed by atoms with E-state index in [1.54, 1.807) is 19.4 Å². The Morgan fingerprint density at radius 3 is 2.42 bits per heavy atom. The summed E-state index contributed by atoms with van der Waals surface area (Å²) in [5.41, 5.74) is -0.0582. The largest absolute Gasteiger partial charge is 0.416 e. The summed E-state index contributed by atoms with van der Waals surface area (Å²) >= 11 is 0. The number of rotatable bonds is 5. The van der Waals surface area contributed by atoms with Crippen molar-refractivity contribution in [2.24, 2.45) is 7.05 Å². The molecule has 0 unspecified atom stereocenters. The van der Waals surface area contributed by atoms with Crippen LogP contribution < -0.4 is 10.2 Å². The van der Waals surface area contributed by atoms with Crippen molar-refractivity contribution in [3.63, 3.8) is 0 Å². The van der Waals surface area contributed by atoms with Gasteiger partial charge in [0.2, 0.25) is 11.9 Å². The molecule has 3 heterocycles. The summed E-state index contributed by atoms with van der Waals surface area (Å²) in [4.78, 5) is 12.7. The number of nitrogens with one attached hydrogen (secondary N) is 1. The molecule has 1 aliphatic heterocycles. The molecule has 1 aliphatic rings. The van der Waals surface area contributed by atoms with Crippen LogP contribution in [0.4, 0.5) is 35.1 Å². The number of anilines is 3. The van der Waals surface area contributed by atoms with Crippen LogP contribution in [0.25, 0.3) is 0 Å². The van der Waals surface area contributed by atoms with E-state index in [4.69, 9.17) is 0 Å².